The zero-order valence-corrected chi connectivity index (χ0v) is 19.9. The molecule has 1 atom stereocenters. The fourth-order valence-electron chi connectivity index (χ4n) is 3.99. The fraction of sp³-hybridized carbons (Fsp3) is 0.400. The monoisotopic (exact) mass is 475 g/mol. The van der Waals surface area contributed by atoms with E-state index in [0.717, 1.165) is 34.1 Å². The highest BCUT2D eigenvalue weighted by atomic mass is 32.2. The molecule has 156 valence electrons. The number of nitrogens with one attached hydrogen (secondary N) is 1. The second-order valence-electron chi connectivity index (χ2n) is 6.95. The van der Waals surface area contributed by atoms with Crippen LogP contribution in [0.3, 0.4) is 0 Å². The summed E-state index contributed by atoms with van der Waals surface area (Å²) in [5.74, 6) is 0.923. The quantitative estimate of drug-likeness (QED) is 0.450. The first-order chi connectivity index (χ1) is 14.5. The first kappa shape index (κ1) is 21.3. The average molecular weight is 476 g/mol. The van der Waals surface area contributed by atoms with Crippen LogP contribution < -0.4 is 10.6 Å². The molecular weight excluding hydrogens is 455 g/mol. The van der Waals surface area contributed by atoms with Gasteiger partial charge in [-0.2, -0.15) is 5.26 Å². The molecule has 2 aromatic heterocycles. The Hall–Kier alpha value is -1.93. The van der Waals surface area contributed by atoms with Crippen LogP contribution in [0.25, 0.3) is 0 Å². The summed E-state index contributed by atoms with van der Waals surface area (Å²) in [6.07, 6.45) is 2.87. The van der Waals surface area contributed by atoms with Crippen LogP contribution in [0.2, 0.25) is 0 Å². The third kappa shape index (κ3) is 3.54. The Bertz CT molecular complexity index is 1160. The maximum Gasteiger partial charge on any atom is 0.216 e. The van der Waals surface area contributed by atoms with Crippen molar-refractivity contribution in [2.75, 3.05) is 10.7 Å². The van der Waals surface area contributed by atoms with Crippen LogP contribution in [0.1, 0.15) is 49.5 Å². The molecule has 1 unspecified atom stereocenters. The first-order valence-corrected chi connectivity index (χ1v) is 12.8. The minimum absolute atomic E-state index is 0.0855. The number of carbonyl (C=O) groups is 1. The molecule has 0 radical (unpaired) electrons. The Morgan fingerprint density at radius 3 is 2.87 bits per heavy atom. The molecule has 0 saturated carbocycles. The van der Waals surface area contributed by atoms with Crippen molar-refractivity contribution in [2.45, 2.75) is 49.7 Å². The standard InChI is InChI=1S/C20H21N5OS4/c1-3-10-8-11(18(29-10)28-4-2)15-12(9-21)17(22)25(19-23-24-20(27)30-19)13-6-5-7-14(26)16(13)15/h8,15H,3-7,22H2,1-2H3,(H,24,27). The number of rotatable bonds is 5. The molecule has 0 amide bonds. The number of hydrogen-bond donors (Lipinski definition) is 2. The Labute approximate surface area is 192 Å². The number of aromatic nitrogens is 2. The second kappa shape index (κ2) is 8.67. The lowest BCUT2D eigenvalue weighted by Crippen LogP contribution is -2.38. The number of nitrogens with two attached hydrogens (primary N) is 1. The van der Waals surface area contributed by atoms with Crippen molar-refractivity contribution in [1.29, 1.82) is 5.26 Å². The lowest BCUT2D eigenvalue weighted by Gasteiger charge is -2.38. The number of ketones is 1. The van der Waals surface area contributed by atoms with Gasteiger partial charge in [-0.25, -0.2) is 0 Å². The molecule has 1 aliphatic heterocycles. The van der Waals surface area contributed by atoms with E-state index in [-0.39, 0.29) is 5.78 Å². The number of allylic oxidation sites excluding steroid dienone is 3. The maximum atomic E-state index is 13.2. The number of nitriles is 1. The van der Waals surface area contributed by atoms with E-state index in [0.29, 0.717) is 38.9 Å². The van der Waals surface area contributed by atoms with Gasteiger partial charge in [0.15, 0.2) is 9.74 Å². The molecule has 30 heavy (non-hydrogen) atoms. The highest BCUT2D eigenvalue weighted by molar-refractivity contribution is 8.01. The second-order valence-corrected chi connectivity index (χ2v) is 11.3. The van der Waals surface area contributed by atoms with Crippen LogP contribution in [0.4, 0.5) is 5.13 Å². The summed E-state index contributed by atoms with van der Waals surface area (Å²) in [4.78, 5) is 16.2. The highest BCUT2D eigenvalue weighted by Gasteiger charge is 2.42. The van der Waals surface area contributed by atoms with E-state index >= 15 is 0 Å². The average Bonchev–Trinajstić information content (AvgIpc) is 3.33. The molecule has 3 heterocycles. The van der Waals surface area contributed by atoms with E-state index in [1.54, 1.807) is 28.0 Å². The highest BCUT2D eigenvalue weighted by Crippen LogP contribution is 2.50. The van der Waals surface area contributed by atoms with Crippen LogP contribution in [0.15, 0.2) is 32.9 Å². The largest absolute Gasteiger partial charge is 0.384 e. The van der Waals surface area contributed by atoms with Crippen molar-refractivity contribution >= 4 is 57.6 Å². The lowest BCUT2D eigenvalue weighted by atomic mass is 9.76. The zero-order valence-electron chi connectivity index (χ0n) is 16.7. The predicted molar refractivity (Wildman–Crippen MR) is 125 cm³/mol. The number of Topliss-reactive ketones (excluding diaryl/α,β-unsaturated/α-hetero) is 1. The molecule has 0 spiro atoms. The molecular formula is C20H21N5OS4. The van der Waals surface area contributed by atoms with Gasteiger partial charge >= 0.3 is 0 Å². The van der Waals surface area contributed by atoms with Crippen LogP contribution >= 0.6 is 46.7 Å². The molecule has 3 N–H and O–H groups in total. The van der Waals surface area contributed by atoms with Crippen LogP contribution in [0.5, 0.6) is 0 Å². The van der Waals surface area contributed by atoms with Gasteiger partial charge in [0.2, 0.25) is 5.13 Å². The van der Waals surface area contributed by atoms with Gasteiger partial charge in [-0.3, -0.25) is 14.8 Å². The van der Waals surface area contributed by atoms with Crippen LogP contribution in [-0.2, 0) is 11.2 Å². The first-order valence-electron chi connectivity index (χ1n) is 9.77. The molecule has 1 aliphatic carbocycles. The number of hydrogen-bond acceptors (Lipinski definition) is 9. The lowest BCUT2D eigenvalue weighted by molar-refractivity contribution is -0.116. The normalized spacial score (nSPS) is 19.3. The Kier molecular flexibility index (Phi) is 6.16. The Morgan fingerprint density at radius 2 is 2.23 bits per heavy atom. The number of thiophene rings is 1. The molecule has 6 nitrogen and oxygen atoms in total. The van der Waals surface area contributed by atoms with E-state index in [4.69, 9.17) is 18.0 Å². The topological polar surface area (TPSA) is 98.8 Å². The SMILES string of the molecule is CCSc1sc(CC)cc1C1C(C#N)=C(N)N(c2n[nH]c(=S)s2)C2=C1C(=O)CCC2. The smallest absolute Gasteiger partial charge is 0.216 e. The van der Waals surface area contributed by atoms with Crippen molar-refractivity contribution in [3.8, 4) is 6.07 Å². The number of anilines is 1. The predicted octanol–water partition coefficient (Wildman–Crippen LogP) is 5.24. The van der Waals surface area contributed by atoms with Gasteiger partial charge in [0.1, 0.15) is 5.82 Å². The summed E-state index contributed by atoms with van der Waals surface area (Å²) < 4.78 is 1.68. The maximum absolute atomic E-state index is 13.2. The third-order valence-electron chi connectivity index (χ3n) is 5.24. The third-order valence-corrected chi connectivity index (χ3v) is 8.80. The van der Waals surface area contributed by atoms with E-state index in [2.05, 4.69) is 36.2 Å². The van der Waals surface area contributed by atoms with Crippen molar-refractivity contribution in [2.24, 2.45) is 5.73 Å². The Morgan fingerprint density at radius 1 is 1.43 bits per heavy atom. The van der Waals surface area contributed by atoms with Gasteiger partial charge in [0.25, 0.3) is 0 Å². The van der Waals surface area contributed by atoms with Crippen molar-refractivity contribution in [3.63, 3.8) is 0 Å². The number of carbonyl (C=O) groups excluding carboxylic acids is 1. The summed E-state index contributed by atoms with van der Waals surface area (Å²) in [6, 6.07) is 4.47. The van der Waals surface area contributed by atoms with Gasteiger partial charge in [-0.05, 0) is 48.9 Å². The van der Waals surface area contributed by atoms with Gasteiger partial charge in [0, 0.05) is 22.6 Å². The van der Waals surface area contributed by atoms with E-state index < -0.39 is 5.92 Å². The molecule has 10 heteroatoms. The summed E-state index contributed by atoms with van der Waals surface area (Å²) >= 11 is 9.99. The number of nitrogens with zero attached hydrogens (tertiary/aromatic N) is 3. The van der Waals surface area contributed by atoms with Crippen LogP contribution in [0, 0.1) is 15.3 Å². The molecule has 0 fully saturated rings. The molecule has 2 aliphatic rings. The summed E-state index contributed by atoms with van der Waals surface area (Å²) in [7, 11) is 0. The van der Waals surface area contributed by atoms with Gasteiger partial charge in [0.05, 0.1) is 21.8 Å². The van der Waals surface area contributed by atoms with E-state index in [1.165, 1.54) is 16.2 Å². The summed E-state index contributed by atoms with van der Waals surface area (Å²) in [5.41, 5.74) is 9.54. The number of aryl methyl sites for hydroxylation is 1. The fourth-order valence-corrected chi connectivity index (χ4v) is 7.29. The molecule has 0 bridgehead atoms. The minimum Gasteiger partial charge on any atom is -0.384 e. The van der Waals surface area contributed by atoms with Crippen molar-refractivity contribution in [1.82, 2.24) is 10.2 Å². The molecule has 2 aromatic rings. The Balaban J connectivity index is 1.97. The van der Waals surface area contributed by atoms with Gasteiger partial charge < -0.3 is 5.73 Å². The van der Waals surface area contributed by atoms with Crippen molar-refractivity contribution in [3.05, 3.63) is 43.1 Å². The molecule has 4 rings (SSSR count). The number of aromatic amines is 1. The number of H-pyrrole nitrogens is 1. The minimum atomic E-state index is -0.424. The van der Waals surface area contributed by atoms with E-state index in [1.807, 2.05) is 0 Å². The van der Waals surface area contributed by atoms with Gasteiger partial charge in [-0.1, -0.05) is 25.2 Å². The van der Waals surface area contributed by atoms with E-state index in [9.17, 15) is 10.1 Å². The zero-order chi connectivity index (χ0) is 21.4. The molecule has 0 aromatic carbocycles. The molecule has 0 saturated heterocycles. The van der Waals surface area contributed by atoms with Gasteiger partial charge in [-0.15, -0.1) is 28.2 Å². The number of thioether (sulfide) groups is 1. The summed E-state index contributed by atoms with van der Waals surface area (Å²) in [6.45, 7) is 4.23. The van der Waals surface area contributed by atoms with Crippen molar-refractivity contribution < 1.29 is 4.79 Å². The van der Waals surface area contributed by atoms with Crippen LogP contribution in [-0.4, -0.2) is 21.7 Å². The summed E-state index contributed by atoms with van der Waals surface area (Å²) in [5, 5.41) is 17.7.